The van der Waals surface area contributed by atoms with E-state index in [1.165, 1.54) is 6.20 Å². The van der Waals surface area contributed by atoms with Crippen molar-refractivity contribution in [1.82, 2.24) is 15.0 Å². The Morgan fingerprint density at radius 3 is 2.70 bits per heavy atom. The first kappa shape index (κ1) is 12.7. The van der Waals surface area contributed by atoms with Gasteiger partial charge in [-0.05, 0) is 40.2 Å². The molecule has 0 fully saturated rings. The number of benzene rings is 1. The fourth-order valence-electron chi connectivity index (χ4n) is 1.90. The minimum absolute atomic E-state index is 0.140. The second-order valence-electron chi connectivity index (χ2n) is 4.32. The maximum atomic E-state index is 11.2. The van der Waals surface area contributed by atoms with Crippen LogP contribution in [-0.2, 0) is 6.54 Å². The maximum absolute atomic E-state index is 11.2. The predicted molar refractivity (Wildman–Crippen MR) is 79.8 cm³/mol. The lowest BCUT2D eigenvalue weighted by Crippen LogP contribution is -2.01. The van der Waals surface area contributed by atoms with Gasteiger partial charge >= 0.3 is 5.69 Å². The largest absolute Gasteiger partial charge is 0.506 e. The average Bonchev–Trinajstić information content (AvgIpc) is 2.77. The fraction of sp³-hybridized carbons (Fsp3) is 0.0769. The number of aromatic hydroxyl groups is 1. The van der Waals surface area contributed by atoms with Gasteiger partial charge in [0, 0.05) is 4.47 Å². The van der Waals surface area contributed by atoms with Crippen LogP contribution in [0.5, 0.6) is 5.75 Å². The van der Waals surface area contributed by atoms with Gasteiger partial charge in [-0.3, -0.25) is 4.98 Å². The molecule has 0 amide bonds. The van der Waals surface area contributed by atoms with Gasteiger partial charge < -0.3 is 20.4 Å². The zero-order valence-electron chi connectivity index (χ0n) is 10.3. The molecule has 6 nitrogen and oxygen atoms in total. The quantitative estimate of drug-likeness (QED) is 0.591. The molecule has 2 aromatic heterocycles. The molecule has 0 saturated carbocycles. The number of imidazole rings is 1. The van der Waals surface area contributed by atoms with Crippen LogP contribution in [0.3, 0.4) is 0 Å². The van der Waals surface area contributed by atoms with E-state index in [2.05, 4.69) is 36.2 Å². The molecule has 0 atom stereocenters. The molecule has 102 valence electrons. The van der Waals surface area contributed by atoms with E-state index in [0.717, 1.165) is 26.9 Å². The van der Waals surface area contributed by atoms with Crippen molar-refractivity contribution in [2.75, 3.05) is 5.32 Å². The standard InChI is InChI=1S/C13H11BrN4O2/c14-9-3-11-12(18-13(20)17-11)4-10(9)16-5-7-1-2-8(19)6-15-7/h1-4,6,16,19H,5H2,(H2,17,18,20). The molecule has 1 aromatic carbocycles. The van der Waals surface area contributed by atoms with Crippen molar-refractivity contribution in [3.05, 3.63) is 51.1 Å². The molecule has 20 heavy (non-hydrogen) atoms. The topological polar surface area (TPSA) is 93.8 Å². The maximum Gasteiger partial charge on any atom is 0.323 e. The van der Waals surface area contributed by atoms with E-state index >= 15 is 0 Å². The van der Waals surface area contributed by atoms with Gasteiger partial charge in [0.05, 0.1) is 35.2 Å². The molecule has 0 unspecified atom stereocenters. The number of aromatic nitrogens is 3. The number of nitrogens with one attached hydrogen (secondary N) is 3. The molecule has 2 heterocycles. The lowest BCUT2D eigenvalue weighted by atomic mass is 10.2. The summed E-state index contributed by atoms with van der Waals surface area (Å²) in [6.07, 6.45) is 1.40. The molecule has 0 spiro atoms. The van der Waals surface area contributed by atoms with Crippen molar-refractivity contribution >= 4 is 32.7 Å². The number of H-pyrrole nitrogens is 2. The normalized spacial score (nSPS) is 10.8. The molecule has 7 heteroatoms. The summed E-state index contributed by atoms with van der Waals surface area (Å²) in [6, 6.07) is 7.01. The second kappa shape index (κ2) is 5.01. The number of anilines is 1. The number of hydrogen-bond donors (Lipinski definition) is 4. The van der Waals surface area contributed by atoms with Gasteiger partial charge in [-0.1, -0.05) is 0 Å². The van der Waals surface area contributed by atoms with Crippen LogP contribution < -0.4 is 11.0 Å². The van der Waals surface area contributed by atoms with Crippen molar-refractivity contribution in [2.24, 2.45) is 0 Å². The Balaban J connectivity index is 1.84. The highest BCUT2D eigenvalue weighted by Crippen LogP contribution is 2.26. The SMILES string of the molecule is O=c1[nH]c2cc(Br)c(NCc3ccc(O)cn3)cc2[nH]1. The number of fused-ring (bicyclic) bond motifs is 1. The summed E-state index contributed by atoms with van der Waals surface area (Å²) >= 11 is 3.45. The smallest absolute Gasteiger partial charge is 0.323 e. The number of nitrogens with zero attached hydrogens (tertiary/aromatic N) is 1. The van der Waals surface area contributed by atoms with Crippen molar-refractivity contribution in [1.29, 1.82) is 0 Å². The first-order chi connectivity index (χ1) is 9.61. The van der Waals surface area contributed by atoms with Gasteiger partial charge in [-0.15, -0.1) is 0 Å². The lowest BCUT2D eigenvalue weighted by molar-refractivity contribution is 0.472. The molecule has 4 N–H and O–H groups in total. The van der Waals surface area contributed by atoms with Gasteiger partial charge in [-0.25, -0.2) is 4.79 Å². The summed E-state index contributed by atoms with van der Waals surface area (Å²) in [6.45, 7) is 0.513. The van der Waals surface area contributed by atoms with Crippen LogP contribution in [0.25, 0.3) is 11.0 Å². The number of rotatable bonds is 3. The van der Waals surface area contributed by atoms with Gasteiger partial charge in [-0.2, -0.15) is 0 Å². The van der Waals surface area contributed by atoms with Gasteiger partial charge in [0.2, 0.25) is 0 Å². The third-order valence-corrected chi connectivity index (χ3v) is 3.53. The van der Waals surface area contributed by atoms with E-state index in [1.807, 2.05) is 12.1 Å². The Bertz CT molecular complexity index is 807. The second-order valence-corrected chi connectivity index (χ2v) is 5.17. The number of aromatic amines is 2. The highest BCUT2D eigenvalue weighted by atomic mass is 79.9. The summed E-state index contributed by atoms with van der Waals surface area (Å²) < 4.78 is 0.846. The molecule has 0 aliphatic carbocycles. The zero-order chi connectivity index (χ0) is 14.1. The Morgan fingerprint density at radius 2 is 2.00 bits per heavy atom. The molecular weight excluding hydrogens is 324 g/mol. The van der Waals surface area contributed by atoms with E-state index in [0.29, 0.717) is 6.54 Å². The van der Waals surface area contributed by atoms with E-state index in [1.54, 1.807) is 12.1 Å². The Kier molecular flexibility index (Phi) is 3.19. The molecule has 0 aliphatic heterocycles. The van der Waals surface area contributed by atoms with Gasteiger partial charge in [0.15, 0.2) is 0 Å². The molecular formula is C13H11BrN4O2. The van der Waals surface area contributed by atoms with E-state index in [-0.39, 0.29) is 11.4 Å². The molecule has 3 aromatic rings. The van der Waals surface area contributed by atoms with Gasteiger partial charge in [0.25, 0.3) is 0 Å². The number of pyridine rings is 1. The Hall–Kier alpha value is -2.28. The van der Waals surface area contributed by atoms with Crippen LogP contribution in [-0.4, -0.2) is 20.1 Å². The predicted octanol–water partition coefficient (Wildman–Crippen LogP) is 2.33. The Morgan fingerprint density at radius 1 is 1.25 bits per heavy atom. The van der Waals surface area contributed by atoms with E-state index in [4.69, 9.17) is 0 Å². The number of halogens is 1. The highest BCUT2D eigenvalue weighted by molar-refractivity contribution is 9.10. The first-order valence-corrected chi connectivity index (χ1v) is 6.70. The van der Waals surface area contributed by atoms with E-state index in [9.17, 15) is 9.90 Å². The third kappa shape index (κ3) is 2.53. The molecule has 3 rings (SSSR count). The van der Waals surface area contributed by atoms with Crippen LogP contribution in [0.1, 0.15) is 5.69 Å². The Labute approximate surface area is 122 Å². The third-order valence-electron chi connectivity index (χ3n) is 2.87. The zero-order valence-corrected chi connectivity index (χ0v) is 11.9. The minimum Gasteiger partial charge on any atom is -0.506 e. The highest BCUT2D eigenvalue weighted by Gasteiger charge is 2.05. The van der Waals surface area contributed by atoms with Gasteiger partial charge in [0.1, 0.15) is 5.75 Å². The van der Waals surface area contributed by atoms with Crippen LogP contribution in [0.15, 0.2) is 39.7 Å². The molecule has 0 aliphatic rings. The fourth-order valence-corrected chi connectivity index (χ4v) is 2.38. The summed E-state index contributed by atoms with van der Waals surface area (Å²) in [5.74, 6) is 0.140. The molecule has 0 saturated heterocycles. The van der Waals surface area contributed by atoms with E-state index < -0.39 is 0 Å². The molecule has 0 bridgehead atoms. The first-order valence-electron chi connectivity index (χ1n) is 5.91. The van der Waals surface area contributed by atoms with Crippen LogP contribution in [0.2, 0.25) is 0 Å². The lowest BCUT2D eigenvalue weighted by Gasteiger charge is -2.08. The van der Waals surface area contributed by atoms with Crippen molar-refractivity contribution in [3.8, 4) is 5.75 Å². The summed E-state index contributed by atoms with van der Waals surface area (Å²) in [5, 5.41) is 12.4. The van der Waals surface area contributed by atoms with Crippen LogP contribution >= 0.6 is 15.9 Å². The van der Waals surface area contributed by atoms with Crippen molar-refractivity contribution in [3.63, 3.8) is 0 Å². The molecule has 0 radical (unpaired) electrons. The minimum atomic E-state index is -0.232. The van der Waals surface area contributed by atoms with Crippen LogP contribution in [0.4, 0.5) is 5.69 Å². The monoisotopic (exact) mass is 334 g/mol. The van der Waals surface area contributed by atoms with Crippen molar-refractivity contribution in [2.45, 2.75) is 6.54 Å². The average molecular weight is 335 g/mol. The number of hydrogen-bond acceptors (Lipinski definition) is 4. The summed E-state index contributed by atoms with van der Waals surface area (Å²) in [4.78, 5) is 20.7. The van der Waals surface area contributed by atoms with Crippen molar-refractivity contribution < 1.29 is 5.11 Å². The summed E-state index contributed by atoms with van der Waals surface area (Å²) in [7, 11) is 0. The summed E-state index contributed by atoms with van der Waals surface area (Å²) in [5.41, 5.74) is 2.90. The van der Waals surface area contributed by atoms with Crippen LogP contribution in [0, 0.1) is 0 Å².